The summed E-state index contributed by atoms with van der Waals surface area (Å²) in [5, 5.41) is 2.20. The average molecular weight is 708 g/mol. The molecule has 2 heterocycles. The van der Waals surface area contributed by atoms with Crippen molar-refractivity contribution in [2.75, 3.05) is 6.54 Å². The number of rotatable bonds is 11. The fraction of sp³-hybridized carbons (Fsp3) is 0.528. The van der Waals surface area contributed by atoms with Crippen LogP contribution in [0.25, 0.3) is 4.85 Å². The van der Waals surface area contributed by atoms with E-state index < -0.39 is 62.6 Å². The number of halogens is 1. The van der Waals surface area contributed by atoms with E-state index >= 15 is 0 Å². The molecule has 2 N–H and O–H groups in total. The number of amides is 4. The van der Waals surface area contributed by atoms with Crippen LogP contribution in [0.3, 0.4) is 0 Å². The normalized spacial score (nSPS) is 24.7. The Morgan fingerprint density at radius 3 is 2.50 bits per heavy atom. The first-order valence-corrected chi connectivity index (χ1v) is 18.7. The summed E-state index contributed by atoms with van der Waals surface area (Å²) in [6, 6.07) is 10.5. The van der Waals surface area contributed by atoms with Crippen LogP contribution in [0, 0.1) is 30.1 Å². The predicted octanol–water partition coefficient (Wildman–Crippen LogP) is 4.21. The molecule has 4 amide bonds. The molecule has 0 radical (unpaired) electrons. The third-order valence-electron chi connectivity index (χ3n) is 10.5. The molecule has 0 bridgehead atoms. The van der Waals surface area contributed by atoms with E-state index in [1.54, 1.807) is 30.3 Å². The van der Waals surface area contributed by atoms with E-state index in [0.717, 1.165) is 5.56 Å². The van der Waals surface area contributed by atoms with Gasteiger partial charge >= 0.3 is 6.09 Å². The number of likely N-dealkylation sites (tertiary alicyclic amines) is 1. The van der Waals surface area contributed by atoms with Gasteiger partial charge in [-0.15, -0.1) is 0 Å². The molecule has 266 valence electrons. The highest BCUT2D eigenvalue weighted by Crippen LogP contribution is 2.47. The molecule has 4 aliphatic rings. The monoisotopic (exact) mass is 707 g/mol. The molecule has 0 spiro atoms. The smallest absolute Gasteiger partial charge is 0.410 e. The van der Waals surface area contributed by atoms with Crippen molar-refractivity contribution >= 4 is 39.5 Å². The van der Waals surface area contributed by atoms with E-state index in [9.17, 15) is 32.0 Å². The Labute approximate surface area is 291 Å². The van der Waals surface area contributed by atoms with Gasteiger partial charge in [0, 0.05) is 24.4 Å². The lowest BCUT2D eigenvalue weighted by Crippen LogP contribution is -2.57. The number of nitrogens with one attached hydrogen (secondary N) is 2. The molecule has 3 fully saturated rings. The van der Waals surface area contributed by atoms with Gasteiger partial charge < -0.3 is 15.0 Å². The second-order valence-electron chi connectivity index (χ2n) is 14.3. The van der Waals surface area contributed by atoms with Gasteiger partial charge in [-0.25, -0.2) is 22.4 Å². The number of ether oxygens (including phenoxy) is 1. The summed E-state index contributed by atoms with van der Waals surface area (Å²) in [5.41, 5.74) is 0.862. The molecule has 2 aromatic rings. The SMILES string of the molecule is [C-]#[N+]c1cccc(C[C@H](C(=O)N2C[C@H](OC(=O)N3Cc4cccc(F)c4C3)C[C@H]2C(=O)N[C@]2(C(=O)NS(=O)(=O)C3CC3)C[C@H]2CC)C(C)C)c1. The first-order valence-electron chi connectivity index (χ1n) is 17.1. The second-order valence-corrected chi connectivity index (χ2v) is 16.2. The highest BCUT2D eigenvalue weighted by Gasteiger charge is 2.62. The Morgan fingerprint density at radius 1 is 1.12 bits per heavy atom. The molecule has 5 atom stereocenters. The zero-order valence-electron chi connectivity index (χ0n) is 28.4. The lowest BCUT2D eigenvalue weighted by molar-refractivity contribution is -0.143. The van der Waals surface area contributed by atoms with Gasteiger partial charge in [-0.2, -0.15) is 0 Å². The summed E-state index contributed by atoms with van der Waals surface area (Å²) in [6.45, 7) is 13.1. The fourth-order valence-electron chi connectivity index (χ4n) is 7.23. The number of nitrogens with zero attached hydrogens (tertiary/aromatic N) is 3. The first kappa shape index (κ1) is 35.3. The van der Waals surface area contributed by atoms with Gasteiger partial charge in [0.25, 0.3) is 5.91 Å². The summed E-state index contributed by atoms with van der Waals surface area (Å²) >= 11 is 0. The molecule has 0 aromatic heterocycles. The summed E-state index contributed by atoms with van der Waals surface area (Å²) in [5.74, 6) is -3.25. The second kappa shape index (κ2) is 13.7. The number of benzene rings is 2. The van der Waals surface area contributed by atoms with Crippen LogP contribution in [0.1, 0.15) is 69.6 Å². The Morgan fingerprint density at radius 2 is 1.86 bits per heavy atom. The van der Waals surface area contributed by atoms with E-state index in [1.165, 1.54) is 15.9 Å². The number of carbonyl (C=O) groups is 4. The molecule has 2 aliphatic carbocycles. The van der Waals surface area contributed by atoms with Crippen LogP contribution in [-0.4, -0.2) is 71.5 Å². The molecular weight excluding hydrogens is 665 g/mol. The van der Waals surface area contributed by atoms with Gasteiger partial charge in [-0.05, 0) is 49.1 Å². The molecule has 1 saturated heterocycles. The molecule has 6 rings (SSSR count). The highest BCUT2D eigenvalue weighted by molar-refractivity contribution is 7.91. The van der Waals surface area contributed by atoms with Gasteiger partial charge in [0.05, 0.1) is 24.9 Å². The van der Waals surface area contributed by atoms with Crippen molar-refractivity contribution in [1.82, 2.24) is 19.8 Å². The van der Waals surface area contributed by atoms with Crippen molar-refractivity contribution in [1.29, 1.82) is 0 Å². The maximum Gasteiger partial charge on any atom is 0.410 e. The van der Waals surface area contributed by atoms with Crippen molar-refractivity contribution in [3.05, 3.63) is 76.4 Å². The maximum absolute atomic E-state index is 14.4. The van der Waals surface area contributed by atoms with Crippen LogP contribution in [0.2, 0.25) is 0 Å². The van der Waals surface area contributed by atoms with Crippen LogP contribution >= 0.6 is 0 Å². The molecule has 50 heavy (non-hydrogen) atoms. The molecule has 2 aromatic carbocycles. The third-order valence-corrected chi connectivity index (χ3v) is 12.3. The molecular formula is C36H42FN5O7S. The number of hydrogen-bond donors (Lipinski definition) is 2. The minimum atomic E-state index is -3.87. The van der Waals surface area contributed by atoms with Crippen molar-refractivity contribution in [2.45, 2.75) is 95.3 Å². The molecule has 2 saturated carbocycles. The Hall–Kier alpha value is -4.51. The van der Waals surface area contributed by atoms with Crippen LogP contribution in [0.15, 0.2) is 42.5 Å². The number of carbonyl (C=O) groups excluding carboxylic acids is 4. The van der Waals surface area contributed by atoms with Gasteiger partial charge in [0.1, 0.15) is 23.5 Å². The molecule has 2 aliphatic heterocycles. The first-order chi connectivity index (χ1) is 23.8. The average Bonchev–Trinajstić information content (AvgIpc) is 3.97. The fourth-order valence-corrected chi connectivity index (χ4v) is 8.59. The van der Waals surface area contributed by atoms with E-state index in [-0.39, 0.29) is 50.2 Å². The Balaban J connectivity index is 1.23. The zero-order valence-corrected chi connectivity index (χ0v) is 29.2. The maximum atomic E-state index is 14.4. The quantitative estimate of drug-likeness (QED) is 0.333. The van der Waals surface area contributed by atoms with Gasteiger partial charge in [0.15, 0.2) is 5.69 Å². The predicted molar refractivity (Wildman–Crippen MR) is 180 cm³/mol. The third kappa shape index (κ3) is 7.06. The van der Waals surface area contributed by atoms with Crippen LogP contribution in [0.5, 0.6) is 0 Å². The van der Waals surface area contributed by atoms with E-state index in [4.69, 9.17) is 11.3 Å². The molecule has 12 nitrogen and oxygen atoms in total. The van der Waals surface area contributed by atoms with E-state index in [2.05, 4.69) is 14.9 Å². The molecule has 0 unspecified atom stereocenters. The summed E-state index contributed by atoms with van der Waals surface area (Å²) < 4.78 is 47.7. The number of sulfonamides is 1. The van der Waals surface area contributed by atoms with Crippen molar-refractivity contribution < 1.29 is 36.7 Å². The minimum Gasteiger partial charge on any atom is -0.444 e. The summed E-state index contributed by atoms with van der Waals surface area (Å²) in [4.78, 5) is 61.5. The standard InChI is InChI=1S/C36H42FN5O7S/c1-5-24-17-36(24,34(45)40-50(47,48)27-12-13-27)39-32(43)31-16-26(49-35(46)41-18-23-9-7-11-30(37)29(23)20-41)19-42(31)33(44)28(21(2)3)15-22-8-6-10-25(14-22)38-4/h6-11,14,21,24,26-28,31H,5,12-13,15-20H2,1-3H3,(H,39,43)(H,40,45)/t24-,26-,28+,31+,36-/m1/s1. The lowest BCUT2D eigenvalue weighted by Gasteiger charge is -2.31. The van der Waals surface area contributed by atoms with Gasteiger partial charge in [0.2, 0.25) is 21.8 Å². The number of hydrogen-bond acceptors (Lipinski definition) is 7. The van der Waals surface area contributed by atoms with Crippen molar-refractivity contribution in [3.8, 4) is 0 Å². The van der Waals surface area contributed by atoms with Crippen LogP contribution in [-0.2, 0) is 48.7 Å². The van der Waals surface area contributed by atoms with Crippen LogP contribution < -0.4 is 10.0 Å². The Kier molecular flexibility index (Phi) is 9.65. The summed E-state index contributed by atoms with van der Waals surface area (Å²) in [7, 11) is -3.87. The summed E-state index contributed by atoms with van der Waals surface area (Å²) in [6.07, 6.45) is 0.370. The Bertz CT molecular complexity index is 1860. The van der Waals surface area contributed by atoms with E-state index in [0.29, 0.717) is 42.5 Å². The molecule has 14 heteroatoms. The lowest BCUT2D eigenvalue weighted by atomic mass is 9.87. The topological polar surface area (TPSA) is 147 Å². The van der Waals surface area contributed by atoms with Crippen LogP contribution in [0.4, 0.5) is 14.9 Å². The largest absolute Gasteiger partial charge is 0.444 e. The van der Waals surface area contributed by atoms with Crippen molar-refractivity contribution in [2.24, 2.45) is 17.8 Å². The highest BCUT2D eigenvalue weighted by atomic mass is 32.2. The van der Waals surface area contributed by atoms with Gasteiger partial charge in [-0.3, -0.25) is 24.0 Å². The van der Waals surface area contributed by atoms with Gasteiger partial charge in [-0.1, -0.05) is 69.2 Å². The minimum absolute atomic E-state index is 0.0268. The van der Waals surface area contributed by atoms with E-state index in [1.807, 2.05) is 26.8 Å². The zero-order chi connectivity index (χ0) is 36.0. The van der Waals surface area contributed by atoms with Crippen molar-refractivity contribution in [3.63, 3.8) is 0 Å². The number of fused-ring (bicyclic) bond motifs is 1.